The molecular weight excluding hydrogens is 318 g/mol. The fourth-order valence-corrected chi connectivity index (χ4v) is 2.51. The first-order valence-corrected chi connectivity index (χ1v) is 7.76. The standard InChI is InChI=1S/C11H12BrN3O2S/c12-10-3-1-2-9-8(10)4-5-14-11(9)15-6-7-18(13,16)17/h1-5H,6-7H2,(H,14,15)(H2,13,16,17). The predicted molar refractivity (Wildman–Crippen MR) is 75.9 cm³/mol. The number of nitrogens with one attached hydrogen (secondary N) is 1. The summed E-state index contributed by atoms with van der Waals surface area (Å²) in [5.74, 6) is 0.524. The van der Waals surface area contributed by atoms with Crippen molar-refractivity contribution in [2.75, 3.05) is 17.6 Å². The van der Waals surface area contributed by atoms with E-state index in [-0.39, 0.29) is 12.3 Å². The van der Waals surface area contributed by atoms with Crippen LogP contribution in [-0.2, 0) is 10.0 Å². The second-order valence-electron chi connectivity index (χ2n) is 3.79. The van der Waals surface area contributed by atoms with Gasteiger partial charge in [-0.1, -0.05) is 28.1 Å². The lowest BCUT2D eigenvalue weighted by atomic mass is 10.1. The smallest absolute Gasteiger partial charge is 0.210 e. The lowest BCUT2D eigenvalue weighted by molar-refractivity contribution is 0.598. The molecule has 0 amide bonds. The maximum Gasteiger partial charge on any atom is 0.210 e. The van der Waals surface area contributed by atoms with Crippen LogP contribution in [0.25, 0.3) is 10.8 Å². The summed E-state index contributed by atoms with van der Waals surface area (Å²) >= 11 is 3.46. The van der Waals surface area contributed by atoms with Crippen molar-refractivity contribution in [3.63, 3.8) is 0 Å². The number of fused-ring (bicyclic) bond motifs is 1. The van der Waals surface area contributed by atoms with Gasteiger partial charge in [-0.15, -0.1) is 0 Å². The quantitative estimate of drug-likeness (QED) is 0.893. The van der Waals surface area contributed by atoms with E-state index in [1.807, 2.05) is 24.3 Å². The Labute approximate surface area is 114 Å². The van der Waals surface area contributed by atoms with Crippen molar-refractivity contribution in [2.24, 2.45) is 5.14 Å². The molecule has 5 nitrogen and oxygen atoms in total. The number of sulfonamides is 1. The molecule has 1 aromatic carbocycles. The zero-order chi connectivity index (χ0) is 13.2. The minimum absolute atomic E-state index is 0.126. The van der Waals surface area contributed by atoms with Crippen LogP contribution in [-0.4, -0.2) is 25.7 Å². The number of hydrogen-bond acceptors (Lipinski definition) is 4. The number of hydrogen-bond donors (Lipinski definition) is 2. The largest absolute Gasteiger partial charge is 0.368 e. The number of pyridine rings is 1. The summed E-state index contributed by atoms with van der Waals surface area (Å²) in [6.45, 7) is 0.234. The summed E-state index contributed by atoms with van der Waals surface area (Å²) in [5.41, 5.74) is 0. The van der Waals surface area contributed by atoms with Crippen LogP contribution < -0.4 is 10.5 Å². The number of anilines is 1. The van der Waals surface area contributed by atoms with Crippen LogP contribution in [0.3, 0.4) is 0 Å². The fraction of sp³-hybridized carbons (Fsp3) is 0.182. The molecule has 2 rings (SSSR count). The Hall–Kier alpha value is -1.18. The van der Waals surface area contributed by atoms with Crippen molar-refractivity contribution in [2.45, 2.75) is 0 Å². The Kier molecular flexibility index (Phi) is 3.84. The molecule has 2 aromatic rings. The summed E-state index contributed by atoms with van der Waals surface area (Å²) in [5, 5.41) is 9.87. The normalized spacial score (nSPS) is 11.7. The van der Waals surface area contributed by atoms with Crippen molar-refractivity contribution in [1.82, 2.24) is 4.98 Å². The molecule has 0 bridgehead atoms. The fourth-order valence-electron chi connectivity index (χ4n) is 1.62. The van der Waals surface area contributed by atoms with E-state index in [1.54, 1.807) is 6.20 Å². The Morgan fingerprint density at radius 3 is 2.78 bits per heavy atom. The number of rotatable bonds is 4. The van der Waals surface area contributed by atoms with Gasteiger partial charge in [0, 0.05) is 28.0 Å². The van der Waals surface area contributed by atoms with Crippen LogP contribution in [0.1, 0.15) is 0 Å². The van der Waals surface area contributed by atoms with E-state index in [4.69, 9.17) is 5.14 Å². The van der Waals surface area contributed by atoms with Crippen LogP contribution in [0.4, 0.5) is 5.82 Å². The van der Waals surface area contributed by atoms with E-state index in [1.165, 1.54) is 0 Å². The van der Waals surface area contributed by atoms with Crippen molar-refractivity contribution in [3.8, 4) is 0 Å². The Balaban J connectivity index is 2.26. The van der Waals surface area contributed by atoms with Gasteiger partial charge in [0.1, 0.15) is 5.82 Å². The third-order valence-electron chi connectivity index (χ3n) is 2.43. The van der Waals surface area contributed by atoms with Crippen LogP contribution in [0.2, 0.25) is 0 Å². The summed E-state index contributed by atoms with van der Waals surface area (Å²) in [4.78, 5) is 4.20. The maximum absolute atomic E-state index is 10.8. The Morgan fingerprint density at radius 1 is 1.28 bits per heavy atom. The molecule has 0 fully saturated rings. The highest BCUT2D eigenvalue weighted by atomic mass is 79.9. The lowest BCUT2D eigenvalue weighted by Gasteiger charge is -2.08. The zero-order valence-corrected chi connectivity index (χ0v) is 11.8. The minimum Gasteiger partial charge on any atom is -0.368 e. The van der Waals surface area contributed by atoms with Gasteiger partial charge in [-0.25, -0.2) is 18.5 Å². The van der Waals surface area contributed by atoms with Crippen molar-refractivity contribution >= 4 is 42.5 Å². The number of primary sulfonamides is 1. The molecule has 0 atom stereocenters. The SMILES string of the molecule is NS(=O)(=O)CCNc1nccc2c(Br)cccc12. The van der Waals surface area contributed by atoms with E-state index in [0.717, 1.165) is 15.2 Å². The summed E-state index contributed by atoms with van der Waals surface area (Å²) in [6.07, 6.45) is 1.67. The van der Waals surface area contributed by atoms with Gasteiger partial charge in [-0.05, 0) is 12.1 Å². The molecule has 0 radical (unpaired) electrons. The van der Waals surface area contributed by atoms with E-state index in [0.29, 0.717) is 5.82 Å². The minimum atomic E-state index is -3.46. The number of nitrogens with two attached hydrogens (primary N) is 1. The van der Waals surface area contributed by atoms with Crippen LogP contribution >= 0.6 is 15.9 Å². The number of benzene rings is 1. The highest BCUT2D eigenvalue weighted by molar-refractivity contribution is 9.10. The van der Waals surface area contributed by atoms with Gasteiger partial charge in [0.15, 0.2) is 0 Å². The van der Waals surface area contributed by atoms with Crippen molar-refractivity contribution in [1.29, 1.82) is 0 Å². The topological polar surface area (TPSA) is 85.1 Å². The molecule has 1 aromatic heterocycles. The van der Waals surface area contributed by atoms with Gasteiger partial charge in [-0.2, -0.15) is 0 Å². The molecule has 0 aliphatic carbocycles. The van der Waals surface area contributed by atoms with E-state index >= 15 is 0 Å². The van der Waals surface area contributed by atoms with Crippen LogP contribution in [0, 0.1) is 0 Å². The van der Waals surface area contributed by atoms with Gasteiger partial charge in [0.05, 0.1) is 5.75 Å². The second kappa shape index (κ2) is 5.21. The summed E-state index contributed by atoms with van der Waals surface area (Å²) in [6, 6.07) is 7.66. The number of halogens is 1. The van der Waals surface area contributed by atoms with Crippen molar-refractivity contribution < 1.29 is 8.42 Å². The van der Waals surface area contributed by atoms with Gasteiger partial charge >= 0.3 is 0 Å². The molecule has 0 unspecified atom stereocenters. The first-order chi connectivity index (χ1) is 8.47. The maximum atomic E-state index is 10.8. The van der Waals surface area contributed by atoms with Crippen LogP contribution in [0.15, 0.2) is 34.9 Å². The molecule has 0 aliphatic heterocycles. The van der Waals surface area contributed by atoms with Gasteiger partial charge in [-0.3, -0.25) is 0 Å². The molecule has 0 saturated heterocycles. The first kappa shape index (κ1) is 13.3. The lowest BCUT2D eigenvalue weighted by Crippen LogP contribution is -2.22. The molecule has 18 heavy (non-hydrogen) atoms. The molecule has 7 heteroatoms. The number of aromatic nitrogens is 1. The zero-order valence-electron chi connectivity index (χ0n) is 9.43. The average molecular weight is 330 g/mol. The number of nitrogens with zero attached hydrogens (tertiary/aromatic N) is 1. The third-order valence-corrected chi connectivity index (χ3v) is 3.90. The molecular formula is C11H12BrN3O2S. The third kappa shape index (κ3) is 3.18. The molecule has 0 saturated carbocycles. The van der Waals surface area contributed by atoms with Gasteiger partial charge < -0.3 is 5.32 Å². The van der Waals surface area contributed by atoms with Gasteiger partial charge in [0.2, 0.25) is 10.0 Å². The highest BCUT2D eigenvalue weighted by Gasteiger charge is 2.06. The molecule has 96 valence electrons. The molecule has 3 N–H and O–H groups in total. The summed E-state index contributed by atoms with van der Waals surface area (Å²) in [7, 11) is -3.46. The summed E-state index contributed by atoms with van der Waals surface area (Å²) < 4.78 is 22.7. The van der Waals surface area contributed by atoms with Gasteiger partial charge in [0.25, 0.3) is 0 Å². The van der Waals surface area contributed by atoms with Crippen LogP contribution in [0.5, 0.6) is 0 Å². The van der Waals surface area contributed by atoms with Crippen molar-refractivity contribution in [3.05, 3.63) is 34.9 Å². The Morgan fingerprint density at radius 2 is 2.06 bits per heavy atom. The molecule has 0 aliphatic rings. The highest BCUT2D eigenvalue weighted by Crippen LogP contribution is 2.27. The predicted octanol–water partition coefficient (Wildman–Crippen LogP) is 1.70. The Bertz CT molecular complexity index is 673. The average Bonchev–Trinajstić information content (AvgIpc) is 2.29. The van der Waals surface area contributed by atoms with E-state index in [2.05, 4.69) is 26.2 Å². The molecule has 0 spiro atoms. The first-order valence-electron chi connectivity index (χ1n) is 5.25. The van der Waals surface area contributed by atoms with E-state index in [9.17, 15) is 8.42 Å². The second-order valence-corrected chi connectivity index (χ2v) is 6.38. The van der Waals surface area contributed by atoms with E-state index < -0.39 is 10.0 Å². The molecule has 1 heterocycles. The monoisotopic (exact) mass is 329 g/mol.